The van der Waals surface area contributed by atoms with Gasteiger partial charge in [0.2, 0.25) is 11.8 Å². The van der Waals surface area contributed by atoms with E-state index in [9.17, 15) is 19.5 Å². The van der Waals surface area contributed by atoms with Gasteiger partial charge in [-0.05, 0) is 78.6 Å². The number of amides is 3. The molecule has 3 N–H and O–H groups in total. The molecule has 0 bridgehead atoms. The van der Waals surface area contributed by atoms with Crippen LogP contribution in [-0.4, -0.2) is 52.1 Å². The molecule has 0 radical (unpaired) electrons. The summed E-state index contributed by atoms with van der Waals surface area (Å²) in [6.07, 6.45) is -0.705. The first-order chi connectivity index (χ1) is 13.7. The number of phenolic OH excluding ortho intramolecular Hbond substituents is 1. The molecule has 1 unspecified atom stereocenters. The van der Waals surface area contributed by atoms with Gasteiger partial charge in [-0.1, -0.05) is 6.07 Å². The molecule has 0 saturated heterocycles. The lowest BCUT2D eigenvalue weighted by Crippen LogP contribution is -2.51. The van der Waals surface area contributed by atoms with Crippen molar-refractivity contribution in [3.63, 3.8) is 0 Å². The van der Waals surface area contributed by atoms with E-state index in [1.165, 1.54) is 11.0 Å². The topological polar surface area (TPSA) is 108 Å². The summed E-state index contributed by atoms with van der Waals surface area (Å²) in [5.74, 6) is -0.657. The number of rotatable bonds is 7. The maximum absolute atomic E-state index is 13.0. The largest absolute Gasteiger partial charge is 0.508 e. The van der Waals surface area contributed by atoms with Crippen molar-refractivity contribution in [1.82, 2.24) is 15.5 Å². The smallest absolute Gasteiger partial charge is 0.408 e. The predicted molar refractivity (Wildman–Crippen MR) is 115 cm³/mol. The summed E-state index contributed by atoms with van der Waals surface area (Å²) in [6.45, 7) is 13.9. The first-order valence-electron chi connectivity index (χ1n) is 10.1. The van der Waals surface area contributed by atoms with Crippen LogP contribution >= 0.6 is 0 Å². The van der Waals surface area contributed by atoms with Crippen LogP contribution in [0, 0.1) is 6.92 Å². The molecule has 168 valence electrons. The zero-order chi connectivity index (χ0) is 23.2. The van der Waals surface area contributed by atoms with Gasteiger partial charge in [0, 0.05) is 12.1 Å². The summed E-state index contributed by atoms with van der Waals surface area (Å²) in [6, 6.07) is 3.44. The molecule has 8 heteroatoms. The molecule has 1 rings (SSSR count). The van der Waals surface area contributed by atoms with E-state index in [1.54, 1.807) is 53.7 Å². The molecule has 0 heterocycles. The third-order valence-corrected chi connectivity index (χ3v) is 4.12. The highest BCUT2D eigenvalue weighted by molar-refractivity contribution is 5.90. The molecule has 0 spiro atoms. The Balaban J connectivity index is 3.20. The van der Waals surface area contributed by atoms with Crippen molar-refractivity contribution >= 4 is 17.9 Å². The van der Waals surface area contributed by atoms with Gasteiger partial charge < -0.3 is 25.4 Å². The minimum atomic E-state index is -0.917. The van der Waals surface area contributed by atoms with E-state index in [2.05, 4.69) is 10.6 Å². The van der Waals surface area contributed by atoms with Gasteiger partial charge in [0.05, 0.1) is 0 Å². The summed E-state index contributed by atoms with van der Waals surface area (Å²) in [5.41, 5.74) is 0.481. The number of aromatic hydroxyl groups is 1. The fraction of sp³-hybridized carbons (Fsp3) is 0.591. The Kier molecular flexibility index (Phi) is 8.69. The number of nitrogens with zero attached hydrogens (tertiary/aromatic N) is 1. The molecule has 0 saturated carbocycles. The Hall–Kier alpha value is -2.77. The first kappa shape index (κ1) is 25.3. The Labute approximate surface area is 179 Å². The van der Waals surface area contributed by atoms with E-state index in [0.717, 1.165) is 0 Å². The Morgan fingerprint density at radius 1 is 1.13 bits per heavy atom. The average Bonchev–Trinajstić information content (AvgIpc) is 2.57. The van der Waals surface area contributed by atoms with Gasteiger partial charge in [-0.25, -0.2) is 4.79 Å². The fourth-order valence-electron chi connectivity index (χ4n) is 2.93. The summed E-state index contributed by atoms with van der Waals surface area (Å²) >= 11 is 0. The number of hydrogen-bond donors (Lipinski definition) is 3. The van der Waals surface area contributed by atoms with Crippen molar-refractivity contribution in [2.75, 3.05) is 6.54 Å². The highest BCUT2D eigenvalue weighted by Crippen LogP contribution is 2.28. The molecule has 8 nitrogen and oxygen atoms in total. The van der Waals surface area contributed by atoms with Crippen molar-refractivity contribution in [2.45, 2.75) is 79.1 Å². The van der Waals surface area contributed by atoms with Crippen LogP contribution < -0.4 is 10.6 Å². The van der Waals surface area contributed by atoms with Gasteiger partial charge in [0.1, 0.15) is 23.9 Å². The number of benzene rings is 1. The molecule has 0 fully saturated rings. The van der Waals surface area contributed by atoms with Crippen molar-refractivity contribution in [3.05, 3.63) is 29.3 Å². The van der Waals surface area contributed by atoms with E-state index < -0.39 is 23.6 Å². The summed E-state index contributed by atoms with van der Waals surface area (Å²) in [5, 5.41) is 15.2. The van der Waals surface area contributed by atoms with Crippen LogP contribution in [0.1, 0.15) is 65.6 Å². The standard InChI is InChI=1S/C22H35N3O5/c1-13(2)24-20(28)19(16-9-10-17(26)15(5)11-16)25(14(3)4)18(27)12-23-21(29)30-22(6,7)8/h9-11,13-14,19,26H,12H2,1-8H3,(H,23,29)(H,24,28). The minimum Gasteiger partial charge on any atom is -0.508 e. The Morgan fingerprint density at radius 3 is 2.20 bits per heavy atom. The highest BCUT2D eigenvalue weighted by Gasteiger charge is 2.34. The molecule has 1 aromatic rings. The van der Waals surface area contributed by atoms with Crippen LogP contribution in [0.25, 0.3) is 0 Å². The van der Waals surface area contributed by atoms with Crippen LogP contribution in [-0.2, 0) is 14.3 Å². The molecule has 3 amide bonds. The van der Waals surface area contributed by atoms with Crippen LogP contribution in [0.4, 0.5) is 4.79 Å². The van der Waals surface area contributed by atoms with E-state index in [1.807, 2.05) is 13.8 Å². The highest BCUT2D eigenvalue weighted by atomic mass is 16.6. The van der Waals surface area contributed by atoms with E-state index in [-0.39, 0.29) is 30.3 Å². The Morgan fingerprint density at radius 2 is 1.73 bits per heavy atom. The number of carbonyl (C=O) groups excluding carboxylic acids is 3. The molecule has 0 aliphatic heterocycles. The second-order valence-electron chi connectivity index (χ2n) is 8.86. The van der Waals surface area contributed by atoms with Gasteiger partial charge in [-0.15, -0.1) is 0 Å². The summed E-state index contributed by atoms with van der Waals surface area (Å²) in [7, 11) is 0. The number of aryl methyl sites for hydroxylation is 1. The third kappa shape index (κ3) is 7.57. The molecule has 1 atom stereocenters. The maximum atomic E-state index is 13.0. The number of ether oxygens (including phenoxy) is 1. The lowest BCUT2D eigenvalue weighted by atomic mass is 9.99. The van der Waals surface area contributed by atoms with E-state index in [0.29, 0.717) is 11.1 Å². The predicted octanol–water partition coefficient (Wildman–Crippen LogP) is 3.03. The molecular weight excluding hydrogens is 386 g/mol. The van der Waals surface area contributed by atoms with Gasteiger partial charge in [-0.2, -0.15) is 0 Å². The van der Waals surface area contributed by atoms with Gasteiger partial charge in [-0.3, -0.25) is 9.59 Å². The zero-order valence-corrected chi connectivity index (χ0v) is 19.2. The molecule has 30 heavy (non-hydrogen) atoms. The van der Waals surface area contributed by atoms with Crippen molar-refractivity contribution in [2.24, 2.45) is 0 Å². The van der Waals surface area contributed by atoms with E-state index in [4.69, 9.17) is 4.74 Å². The zero-order valence-electron chi connectivity index (χ0n) is 19.2. The molecule has 0 aliphatic rings. The van der Waals surface area contributed by atoms with E-state index >= 15 is 0 Å². The lowest BCUT2D eigenvalue weighted by Gasteiger charge is -2.35. The van der Waals surface area contributed by atoms with Crippen LogP contribution in [0.15, 0.2) is 18.2 Å². The van der Waals surface area contributed by atoms with Crippen LogP contribution in [0.5, 0.6) is 5.75 Å². The minimum absolute atomic E-state index is 0.107. The van der Waals surface area contributed by atoms with Crippen molar-refractivity contribution in [3.8, 4) is 5.75 Å². The van der Waals surface area contributed by atoms with Crippen molar-refractivity contribution in [1.29, 1.82) is 0 Å². The van der Waals surface area contributed by atoms with Crippen LogP contribution in [0.2, 0.25) is 0 Å². The first-order valence-corrected chi connectivity index (χ1v) is 10.1. The average molecular weight is 422 g/mol. The molecule has 0 aromatic heterocycles. The number of nitrogens with one attached hydrogen (secondary N) is 2. The quantitative estimate of drug-likeness (QED) is 0.627. The third-order valence-electron chi connectivity index (χ3n) is 4.12. The van der Waals surface area contributed by atoms with Crippen molar-refractivity contribution < 1.29 is 24.2 Å². The number of hydrogen-bond acceptors (Lipinski definition) is 5. The molecule has 0 aliphatic carbocycles. The summed E-state index contributed by atoms with van der Waals surface area (Å²) < 4.78 is 5.17. The second-order valence-corrected chi connectivity index (χ2v) is 8.86. The SMILES string of the molecule is Cc1cc(C(C(=O)NC(C)C)N(C(=O)CNC(=O)OC(C)(C)C)C(C)C)ccc1O. The molecule has 1 aromatic carbocycles. The van der Waals surface area contributed by atoms with Gasteiger partial charge in [0.15, 0.2) is 0 Å². The van der Waals surface area contributed by atoms with Gasteiger partial charge in [0.25, 0.3) is 0 Å². The Bertz CT molecular complexity index is 769. The fourth-order valence-corrected chi connectivity index (χ4v) is 2.93. The molecular formula is C22H35N3O5. The number of carbonyl (C=O) groups is 3. The van der Waals surface area contributed by atoms with Crippen LogP contribution in [0.3, 0.4) is 0 Å². The normalized spacial score (nSPS) is 12.5. The monoisotopic (exact) mass is 421 g/mol. The lowest BCUT2D eigenvalue weighted by molar-refractivity contribution is -0.142. The maximum Gasteiger partial charge on any atom is 0.408 e. The summed E-state index contributed by atoms with van der Waals surface area (Å²) in [4.78, 5) is 39.5. The number of alkyl carbamates (subject to hydrolysis) is 1. The second kappa shape index (κ2) is 10.3. The number of phenols is 1. The van der Waals surface area contributed by atoms with Gasteiger partial charge >= 0.3 is 6.09 Å².